The Balaban J connectivity index is 1.96. The van der Waals surface area contributed by atoms with Crippen LogP contribution >= 0.6 is 0 Å². The third kappa shape index (κ3) is 3.53. The predicted octanol–water partition coefficient (Wildman–Crippen LogP) is 0.791. The van der Waals surface area contributed by atoms with Crippen molar-refractivity contribution in [2.45, 2.75) is 63.3 Å². The monoisotopic (exact) mass is 296 g/mol. The lowest BCUT2D eigenvalue weighted by atomic mass is 9.84. The summed E-state index contributed by atoms with van der Waals surface area (Å²) in [6.45, 7) is 0.264. The van der Waals surface area contributed by atoms with E-state index in [2.05, 4.69) is 5.32 Å². The molecule has 1 saturated heterocycles. The quantitative estimate of drug-likeness (QED) is 0.309. The van der Waals surface area contributed by atoms with Crippen molar-refractivity contribution in [3.63, 3.8) is 0 Å². The number of hydrogen-bond acceptors (Lipinski definition) is 4. The van der Waals surface area contributed by atoms with Crippen LogP contribution in [0.25, 0.3) is 0 Å². The summed E-state index contributed by atoms with van der Waals surface area (Å²) in [6, 6.07) is -0.325. The Labute approximate surface area is 124 Å². The van der Waals surface area contributed by atoms with Gasteiger partial charge in [-0.1, -0.05) is 32.1 Å². The fourth-order valence-electron chi connectivity index (χ4n) is 3.20. The lowest BCUT2D eigenvalue weighted by Gasteiger charge is -2.28. The Morgan fingerprint density at radius 1 is 1.19 bits per heavy atom. The minimum atomic E-state index is -0.701. The van der Waals surface area contributed by atoms with Gasteiger partial charge in [0, 0.05) is 13.0 Å². The molecule has 1 spiro atoms. The average molecular weight is 296 g/mol. The molecule has 0 bridgehead atoms. The summed E-state index contributed by atoms with van der Waals surface area (Å²) in [6.07, 6.45) is 7.44. The number of carbonyl (C=O) groups excluding carboxylic acids is 3. The van der Waals surface area contributed by atoms with Crippen LogP contribution in [0.2, 0.25) is 0 Å². The van der Waals surface area contributed by atoms with E-state index in [0.29, 0.717) is 6.42 Å². The van der Waals surface area contributed by atoms with Crippen molar-refractivity contribution < 1.29 is 14.4 Å². The third-order valence-electron chi connectivity index (χ3n) is 4.40. The standard InChI is InChI=1S/C14H24N4O3/c15-17-11(19)7-6-10-18-12(20)14(16-13(18)21)8-4-2-1-3-5-9-14/h1-10,15H2,(H,16,21)(H,17,19). The lowest BCUT2D eigenvalue weighted by molar-refractivity contribution is -0.132. The van der Waals surface area contributed by atoms with E-state index in [1.807, 2.05) is 5.43 Å². The summed E-state index contributed by atoms with van der Waals surface area (Å²) in [5.41, 5.74) is 1.34. The topological polar surface area (TPSA) is 105 Å². The highest BCUT2D eigenvalue weighted by Gasteiger charge is 2.49. The van der Waals surface area contributed by atoms with E-state index >= 15 is 0 Å². The SMILES string of the molecule is NNC(=O)CCCN1C(=O)NC2(CCCCCCC2)C1=O. The summed E-state index contributed by atoms with van der Waals surface area (Å²) in [5.74, 6) is 4.59. The van der Waals surface area contributed by atoms with Crippen molar-refractivity contribution in [2.24, 2.45) is 5.84 Å². The fourth-order valence-corrected chi connectivity index (χ4v) is 3.20. The van der Waals surface area contributed by atoms with Gasteiger partial charge in [-0.25, -0.2) is 10.6 Å². The molecule has 2 rings (SSSR count). The molecule has 4 amide bonds. The number of nitrogens with one attached hydrogen (secondary N) is 2. The highest BCUT2D eigenvalue weighted by Crippen LogP contribution is 2.32. The van der Waals surface area contributed by atoms with Crippen LogP contribution in [0.4, 0.5) is 4.79 Å². The van der Waals surface area contributed by atoms with Gasteiger partial charge in [0.2, 0.25) is 5.91 Å². The molecule has 0 aromatic carbocycles. The van der Waals surface area contributed by atoms with Gasteiger partial charge in [0.1, 0.15) is 5.54 Å². The summed E-state index contributed by atoms with van der Waals surface area (Å²) in [4.78, 5) is 37.0. The van der Waals surface area contributed by atoms with Crippen LogP contribution in [0.15, 0.2) is 0 Å². The van der Waals surface area contributed by atoms with Gasteiger partial charge in [0.15, 0.2) is 0 Å². The molecule has 0 aromatic heterocycles. The van der Waals surface area contributed by atoms with Crippen molar-refractivity contribution in [2.75, 3.05) is 6.54 Å². The zero-order valence-corrected chi connectivity index (χ0v) is 12.3. The first-order valence-corrected chi connectivity index (χ1v) is 7.73. The molecule has 21 heavy (non-hydrogen) atoms. The van der Waals surface area contributed by atoms with Gasteiger partial charge >= 0.3 is 6.03 Å². The Bertz CT molecular complexity index is 416. The Hall–Kier alpha value is -1.63. The molecule has 0 aromatic rings. The number of rotatable bonds is 4. The highest BCUT2D eigenvalue weighted by molar-refractivity contribution is 6.07. The number of amides is 4. The molecule has 4 N–H and O–H groups in total. The molecule has 0 unspecified atom stereocenters. The van der Waals surface area contributed by atoms with Crippen LogP contribution in [0.5, 0.6) is 0 Å². The van der Waals surface area contributed by atoms with E-state index < -0.39 is 5.54 Å². The molecule has 1 saturated carbocycles. The Kier molecular flexibility index (Phi) is 5.17. The molecule has 1 aliphatic heterocycles. The molecule has 118 valence electrons. The van der Waals surface area contributed by atoms with Crippen LogP contribution in [0, 0.1) is 0 Å². The van der Waals surface area contributed by atoms with Gasteiger partial charge in [0.25, 0.3) is 5.91 Å². The Morgan fingerprint density at radius 3 is 2.43 bits per heavy atom. The van der Waals surface area contributed by atoms with Gasteiger partial charge in [-0.2, -0.15) is 0 Å². The van der Waals surface area contributed by atoms with Crippen molar-refractivity contribution in [3.8, 4) is 0 Å². The zero-order chi connectivity index (χ0) is 15.3. The largest absolute Gasteiger partial charge is 0.325 e. The maximum absolute atomic E-state index is 12.6. The van der Waals surface area contributed by atoms with Crippen LogP contribution in [0.1, 0.15) is 57.8 Å². The molecule has 2 aliphatic rings. The van der Waals surface area contributed by atoms with E-state index in [4.69, 9.17) is 5.84 Å². The Morgan fingerprint density at radius 2 is 1.81 bits per heavy atom. The van der Waals surface area contributed by atoms with Crippen LogP contribution in [-0.2, 0) is 9.59 Å². The van der Waals surface area contributed by atoms with Crippen molar-refractivity contribution >= 4 is 17.8 Å². The molecular weight excluding hydrogens is 272 g/mol. The van der Waals surface area contributed by atoms with E-state index in [9.17, 15) is 14.4 Å². The third-order valence-corrected chi connectivity index (χ3v) is 4.40. The van der Waals surface area contributed by atoms with Crippen LogP contribution in [0.3, 0.4) is 0 Å². The molecule has 0 radical (unpaired) electrons. The van der Waals surface area contributed by atoms with E-state index in [1.54, 1.807) is 0 Å². The van der Waals surface area contributed by atoms with Crippen molar-refractivity contribution in [1.29, 1.82) is 0 Å². The number of nitrogens with two attached hydrogens (primary N) is 1. The minimum absolute atomic E-state index is 0.123. The summed E-state index contributed by atoms with van der Waals surface area (Å²) >= 11 is 0. The van der Waals surface area contributed by atoms with Gasteiger partial charge in [-0.05, 0) is 19.3 Å². The summed E-state index contributed by atoms with van der Waals surface area (Å²) in [7, 11) is 0. The van der Waals surface area contributed by atoms with Crippen molar-refractivity contribution in [3.05, 3.63) is 0 Å². The number of nitrogens with zero attached hydrogens (tertiary/aromatic N) is 1. The molecule has 7 nitrogen and oxygen atoms in total. The zero-order valence-electron chi connectivity index (χ0n) is 12.3. The number of urea groups is 1. The van der Waals surface area contributed by atoms with E-state index in [1.165, 1.54) is 11.3 Å². The average Bonchev–Trinajstić information content (AvgIpc) is 2.67. The number of carbonyl (C=O) groups is 3. The summed E-state index contributed by atoms with van der Waals surface area (Å²) < 4.78 is 0. The van der Waals surface area contributed by atoms with Gasteiger partial charge in [-0.3, -0.25) is 19.9 Å². The first-order chi connectivity index (χ1) is 10.1. The lowest BCUT2D eigenvalue weighted by Crippen LogP contribution is -2.47. The fraction of sp³-hybridized carbons (Fsp3) is 0.786. The van der Waals surface area contributed by atoms with Gasteiger partial charge in [0.05, 0.1) is 0 Å². The van der Waals surface area contributed by atoms with Crippen LogP contribution < -0.4 is 16.6 Å². The van der Waals surface area contributed by atoms with E-state index in [0.717, 1.165) is 38.5 Å². The summed E-state index contributed by atoms with van der Waals surface area (Å²) in [5, 5.41) is 2.90. The molecular formula is C14H24N4O3. The number of hydrazine groups is 1. The molecule has 7 heteroatoms. The second-order valence-electron chi connectivity index (χ2n) is 5.91. The molecule has 2 fully saturated rings. The smallest absolute Gasteiger partial charge is 0.323 e. The van der Waals surface area contributed by atoms with Gasteiger partial charge in [-0.15, -0.1) is 0 Å². The maximum atomic E-state index is 12.6. The normalized spacial score (nSPS) is 21.9. The second kappa shape index (κ2) is 6.89. The van der Waals surface area contributed by atoms with Gasteiger partial charge < -0.3 is 5.32 Å². The van der Waals surface area contributed by atoms with Crippen LogP contribution in [-0.4, -0.2) is 34.8 Å². The first-order valence-electron chi connectivity index (χ1n) is 7.73. The second-order valence-corrected chi connectivity index (χ2v) is 5.91. The number of imide groups is 1. The van der Waals surface area contributed by atoms with Crippen molar-refractivity contribution in [1.82, 2.24) is 15.6 Å². The number of hydrogen-bond donors (Lipinski definition) is 3. The molecule has 1 heterocycles. The highest BCUT2D eigenvalue weighted by atomic mass is 16.2. The van der Waals surface area contributed by atoms with E-state index in [-0.39, 0.29) is 30.8 Å². The molecule has 1 aliphatic carbocycles. The first kappa shape index (κ1) is 15.8. The molecule has 0 atom stereocenters. The predicted molar refractivity (Wildman–Crippen MR) is 76.9 cm³/mol. The minimum Gasteiger partial charge on any atom is -0.323 e. The maximum Gasteiger partial charge on any atom is 0.325 e.